The maximum Gasteiger partial charge on any atom is 0.519 e. The molecular formula is C22H24FN7O9. The number of rotatable bonds is 9. The minimum atomic E-state index is -1.74. The van der Waals surface area contributed by atoms with Gasteiger partial charge < -0.3 is 33.8 Å². The average Bonchev–Trinajstić information content (AvgIpc) is 3.52. The van der Waals surface area contributed by atoms with Gasteiger partial charge in [0, 0.05) is 19.5 Å². The number of aliphatic hydroxyl groups is 1. The van der Waals surface area contributed by atoms with Crippen LogP contribution < -0.4 is 16.5 Å². The summed E-state index contributed by atoms with van der Waals surface area (Å²) in [7, 11) is 1.74. The molecule has 0 saturated carbocycles. The van der Waals surface area contributed by atoms with Gasteiger partial charge in [0.25, 0.3) is 0 Å². The first-order chi connectivity index (χ1) is 18.5. The lowest BCUT2D eigenvalue weighted by Crippen LogP contribution is -2.44. The van der Waals surface area contributed by atoms with Gasteiger partial charge in [0.1, 0.15) is 24.7 Å². The van der Waals surface area contributed by atoms with E-state index in [2.05, 4.69) is 26.2 Å². The highest BCUT2D eigenvalue weighted by Crippen LogP contribution is 2.38. The van der Waals surface area contributed by atoms with Crippen molar-refractivity contribution in [3.63, 3.8) is 0 Å². The topological polar surface area (TPSA) is 207 Å². The number of nitrogens with zero attached hydrogens (tertiary/aromatic N) is 5. The van der Waals surface area contributed by atoms with Crippen molar-refractivity contribution in [1.82, 2.24) is 29.7 Å². The first-order valence-corrected chi connectivity index (χ1v) is 11.4. The van der Waals surface area contributed by atoms with E-state index in [1.807, 2.05) is 5.32 Å². The number of fused-ring (bicyclic) bond motifs is 1. The van der Waals surface area contributed by atoms with Gasteiger partial charge >= 0.3 is 24.1 Å². The summed E-state index contributed by atoms with van der Waals surface area (Å²) in [6.07, 6.45) is 0.922. The van der Waals surface area contributed by atoms with Gasteiger partial charge in [-0.15, -0.1) is 6.42 Å². The highest BCUT2D eigenvalue weighted by molar-refractivity contribution is 5.92. The number of aliphatic hydroxyl groups excluding tert-OH is 1. The first-order valence-electron chi connectivity index (χ1n) is 11.4. The molecule has 4 rings (SSSR count). The molecule has 17 heteroatoms. The van der Waals surface area contributed by atoms with Crippen LogP contribution in [0, 0.1) is 25.3 Å². The minimum absolute atomic E-state index is 0.0548. The van der Waals surface area contributed by atoms with Crippen molar-refractivity contribution in [1.29, 1.82) is 0 Å². The number of terminal acetylenes is 1. The molecule has 3 aromatic heterocycles. The summed E-state index contributed by atoms with van der Waals surface area (Å²) in [6.45, 7) is 1.91. The van der Waals surface area contributed by atoms with Crippen LogP contribution in [0.15, 0.2) is 20.0 Å². The van der Waals surface area contributed by atoms with E-state index in [0.717, 1.165) is 0 Å². The summed E-state index contributed by atoms with van der Waals surface area (Å²) in [6, 6.07) is 0. The Labute approximate surface area is 218 Å². The molecule has 4 N–H and O–H groups in total. The van der Waals surface area contributed by atoms with Crippen molar-refractivity contribution >= 4 is 29.2 Å². The number of hydrogen-bond acceptors (Lipinski definition) is 12. The zero-order valence-corrected chi connectivity index (χ0v) is 20.7. The van der Waals surface area contributed by atoms with Crippen LogP contribution in [0.25, 0.3) is 11.2 Å². The number of nitrogens with one attached hydrogen (secondary N) is 2. The van der Waals surface area contributed by atoms with Gasteiger partial charge in [0.2, 0.25) is 0 Å². The quantitative estimate of drug-likeness (QED) is 0.211. The van der Waals surface area contributed by atoms with E-state index in [1.165, 1.54) is 10.9 Å². The van der Waals surface area contributed by atoms with Crippen LogP contribution in [0.5, 0.6) is 0 Å². The lowest BCUT2D eigenvalue weighted by atomic mass is 9.99. The standard InChI is InChI=1S/C22H24FN7O9/c1-4-22(9-36-20(34)24-5-6-29(3)8-12-11(2)37-21(35)38-12)13(31)7-14(39-22)30-10-25-15-16(27-19(32)33)26-18(23)28-17(15)30/h1,10,13-14,31H,5-9H2,2-3H3,(H,24,34)(H,32,33)(H,26,27,28)/t13-,14+,22+/m0/s1. The molecule has 1 aliphatic rings. The van der Waals surface area contributed by atoms with E-state index < -0.39 is 48.6 Å². The van der Waals surface area contributed by atoms with E-state index in [4.69, 9.17) is 29.8 Å². The number of carbonyl (C=O) groups excluding carboxylic acids is 1. The van der Waals surface area contributed by atoms with Crippen molar-refractivity contribution < 1.29 is 42.5 Å². The number of hydrogen-bond donors (Lipinski definition) is 4. The van der Waals surface area contributed by atoms with Crippen molar-refractivity contribution in [3.8, 4) is 12.3 Å². The molecule has 2 amide bonds. The Morgan fingerprint density at radius 3 is 2.85 bits per heavy atom. The van der Waals surface area contributed by atoms with E-state index in [9.17, 15) is 23.9 Å². The maximum absolute atomic E-state index is 14.0. The van der Waals surface area contributed by atoms with Gasteiger partial charge in [-0.05, 0) is 14.0 Å². The molecule has 39 heavy (non-hydrogen) atoms. The molecule has 0 aromatic carbocycles. The fraction of sp³-hybridized carbons (Fsp3) is 0.455. The number of likely N-dealkylation sites (N-methyl/N-ethyl adjacent to an activating group) is 1. The second-order valence-corrected chi connectivity index (χ2v) is 8.63. The molecule has 3 atom stereocenters. The number of alkyl carbamates (subject to hydrolysis) is 1. The molecule has 0 aliphatic carbocycles. The van der Waals surface area contributed by atoms with Crippen LogP contribution in [0.4, 0.5) is 19.8 Å². The number of imidazole rings is 1. The van der Waals surface area contributed by atoms with Crippen LogP contribution in [0.3, 0.4) is 0 Å². The molecule has 0 radical (unpaired) electrons. The molecule has 16 nitrogen and oxygen atoms in total. The molecule has 4 heterocycles. The zero-order chi connectivity index (χ0) is 28.3. The second kappa shape index (κ2) is 11.1. The van der Waals surface area contributed by atoms with Gasteiger partial charge in [-0.1, -0.05) is 5.92 Å². The third-order valence-corrected chi connectivity index (χ3v) is 5.91. The summed E-state index contributed by atoms with van der Waals surface area (Å²) < 4.78 is 36.0. The SMILES string of the molecule is C#C[C@]1(COC(=O)NCCN(C)Cc2oc(=O)oc2C)O[C@@H](n2cnc3c(NC(=O)O)nc(F)nc32)C[C@@H]1O. The Hall–Kier alpha value is -4.53. The van der Waals surface area contributed by atoms with Crippen LogP contribution in [-0.4, -0.2) is 85.3 Å². The van der Waals surface area contributed by atoms with Crippen LogP contribution >= 0.6 is 0 Å². The molecule has 1 saturated heterocycles. The second-order valence-electron chi connectivity index (χ2n) is 8.63. The van der Waals surface area contributed by atoms with Gasteiger partial charge in [-0.25, -0.2) is 19.4 Å². The van der Waals surface area contributed by atoms with Crippen molar-refractivity contribution in [3.05, 3.63) is 34.5 Å². The number of aryl methyl sites for hydroxylation is 1. The Morgan fingerprint density at radius 2 is 2.18 bits per heavy atom. The lowest BCUT2D eigenvalue weighted by molar-refractivity contribution is -0.0910. The Morgan fingerprint density at radius 1 is 1.41 bits per heavy atom. The first kappa shape index (κ1) is 27.5. The number of anilines is 1. The maximum atomic E-state index is 14.0. The Balaban J connectivity index is 1.35. The van der Waals surface area contributed by atoms with Crippen molar-refractivity contribution in [2.75, 3.05) is 32.1 Å². The molecule has 1 fully saturated rings. The summed E-state index contributed by atoms with van der Waals surface area (Å²) >= 11 is 0. The average molecular weight is 549 g/mol. The van der Waals surface area contributed by atoms with E-state index in [1.54, 1.807) is 18.9 Å². The molecule has 208 valence electrons. The van der Waals surface area contributed by atoms with E-state index in [-0.39, 0.29) is 36.5 Å². The van der Waals surface area contributed by atoms with Gasteiger partial charge in [0.05, 0.1) is 12.9 Å². The van der Waals surface area contributed by atoms with Crippen molar-refractivity contribution in [2.45, 2.75) is 37.8 Å². The summed E-state index contributed by atoms with van der Waals surface area (Å²) in [4.78, 5) is 47.2. The molecule has 0 spiro atoms. The predicted molar refractivity (Wildman–Crippen MR) is 127 cm³/mol. The number of aromatic nitrogens is 4. The van der Waals surface area contributed by atoms with Crippen molar-refractivity contribution in [2.24, 2.45) is 0 Å². The minimum Gasteiger partial charge on any atom is -0.465 e. The van der Waals surface area contributed by atoms with Crippen LogP contribution in [-0.2, 0) is 16.0 Å². The van der Waals surface area contributed by atoms with E-state index in [0.29, 0.717) is 18.1 Å². The third-order valence-electron chi connectivity index (χ3n) is 5.91. The highest BCUT2D eigenvalue weighted by Gasteiger charge is 2.49. The summed E-state index contributed by atoms with van der Waals surface area (Å²) in [5.41, 5.74) is -1.90. The van der Waals surface area contributed by atoms with Gasteiger partial charge in [-0.2, -0.15) is 14.4 Å². The fourth-order valence-corrected chi connectivity index (χ4v) is 3.93. The Bertz CT molecular complexity index is 1480. The number of amides is 2. The van der Waals surface area contributed by atoms with Crippen LogP contribution in [0.2, 0.25) is 0 Å². The zero-order valence-electron chi connectivity index (χ0n) is 20.7. The number of carboxylic acid groups (broad SMARTS) is 1. The molecule has 0 bridgehead atoms. The monoisotopic (exact) mass is 549 g/mol. The molecular weight excluding hydrogens is 525 g/mol. The van der Waals surface area contributed by atoms with E-state index >= 15 is 0 Å². The normalized spacial score (nSPS) is 20.7. The Kier molecular flexibility index (Phi) is 7.80. The predicted octanol–water partition coefficient (Wildman–Crippen LogP) is 0.420. The van der Waals surface area contributed by atoms with Gasteiger partial charge in [-0.3, -0.25) is 14.8 Å². The smallest absolute Gasteiger partial charge is 0.465 e. The lowest BCUT2D eigenvalue weighted by Gasteiger charge is -2.26. The molecule has 1 aliphatic heterocycles. The molecule has 0 unspecified atom stereocenters. The number of carbonyl (C=O) groups is 2. The van der Waals surface area contributed by atoms with Crippen LogP contribution in [0.1, 0.15) is 24.2 Å². The third kappa shape index (κ3) is 5.98. The summed E-state index contributed by atoms with van der Waals surface area (Å²) in [5.74, 6) is 1.89. The number of ether oxygens (including phenoxy) is 2. The fourth-order valence-electron chi connectivity index (χ4n) is 3.93. The number of halogens is 1. The summed E-state index contributed by atoms with van der Waals surface area (Å²) in [5, 5.41) is 24.1. The van der Waals surface area contributed by atoms with Gasteiger partial charge in [0.15, 0.2) is 28.3 Å². The highest BCUT2D eigenvalue weighted by atomic mass is 19.1. The largest absolute Gasteiger partial charge is 0.519 e. The molecule has 3 aromatic rings.